The maximum Gasteiger partial charge on any atom is 0.274 e. The van der Waals surface area contributed by atoms with E-state index in [0.29, 0.717) is 93.0 Å². The van der Waals surface area contributed by atoms with E-state index in [-0.39, 0.29) is 47.3 Å². The maximum atomic E-state index is 14.0. The van der Waals surface area contributed by atoms with Crippen molar-refractivity contribution in [3.8, 4) is 11.5 Å². The number of aromatic amines is 1. The van der Waals surface area contributed by atoms with Crippen LogP contribution in [0.5, 0.6) is 11.5 Å². The van der Waals surface area contributed by atoms with Crippen molar-refractivity contribution in [1.82, 2.24) is 25.3 Å². The fraction of sp³-hybridized carbons (Fsp3) is 0.310. The Morgan fingerprint density at radius 3 is 2.48 bits per heavy atom. The number of alkyl halides is 1. The minimum absolute atomic E-state index is 0.0497. The fourth-order valence-electron chi connectivity index (χ4n) is 7.01. The number of ketones is 1. The number of carbonyl (C=O) groups is 3. The number of amides is 2. The summed E-state index contributed by atoms with van der Waals surface area (Å²) in [4.78, 5) is 44.1. The van der Waals surface area contributed by atoms with Gasteiger partial charge in [-0.05, 0) is 59.7 Å². The average molecular weight is 810 g/mol. The quantitative estimate of drug-likeness (QED) is 0.0368. The summed E-state index contributed by atoms with van der Waals surface area (Å²) in [6, 6.07) is 21.1. The Morgan fingerprint density at radius 1 is 0.966 bits per heavy atom. The third kappa shape index (κ3) is 9.08. The number of methoxy groups -OCH3 is 1. The average Bonchev–Trinajstić information content (AvgIpc) is 3.98. The van der Waals surface area contributed by atoms with Crippen molar-refractivity contribution in [2.45, 2.75) is 18.9 Å². The van der Waals surface area contributed by atoms with Crippen molar-refractivity contribution < 1.29 is 38.4 Å². The molecule has 6 aromatic rings. The van der Waals surface area contributed by atoms with Gasteiger partial charge >= 0.3 is 0 Å². The number of rotatable bonds is 19. The molecule has 16 heteroatoms. The number of Topliss-reactive ketones (excluding diaryl/α,β-unsaturated/α-hetero) is 1. The number of fused-ring (bicyclic) bond motifs is 4. The van der Waals surface area contributed by atoms with Crippen LogP contribution >= 0.6 is 11.6 Å². The summed E-state index contributed by atoms with van der Waals surface area (Å²) in [6.07, 6.45) is 1.70. The molecule has 7 rings (SSSR count). The van der Waals surface area contributed by atoms with Gasteiger partial charge in [0.2, 0.25) is 0 Å². The van der Waals surface area contributed by atoms with Crippen LogP contribution in [0.15, 0.2) is 79.0 Å². The first-order valence-corrected chi connectivity index (χ1v) is 19.4. The minimum Gasteiger partial charge on any atom is -0.507 e. The van der Waals surface area contributed by atoms with Gasteiger partial charge < -0.3 is 45.0 Å². The molecule has 302 valence electrons. The predicted molar refractivity (Wildman–Crippen MR) is 219 cm³/mol. The molecule has 0 aliphatic carbocycles. The number of aromatic hydroxyl groups is 1. The molecule has 3 heterocycles. The molecular formula is C42H44ClN7O8. The Morgan fingerprint density at radius 2 is 1.72 bits per heavy atom. The van der Waals surface area contributed by atoms with E-state index in [9.17, 15) is 19.5 Å². The second kappa shape index (κ2) is 18.5. The summed E-state index contributed by atoms with van der Waals surface area (Å²) >= 11 is 6.43. The number of ether oxygens (including phenoxy) is 4. The van der Waals surface area contributed by atoms with Crippen LogP contribution in [0.25, 0.3) is 21.7 Å². The van der Waals surface area contributed by atoms with Gasteiger partial charge in [-0.25, -0.2) is 4.68 Å². The van der Waals surface area contributed by atoms with Gasteiger partial charge in [-0.2, -0.15) is 0 Å². The van der Waals surface area contributed by atoms with Gasteiger partial charge in [0.25, 0.3) is 11.8 Å². The van der Waals surface area contributed by atoms with Crippen LogP contribution in [0, 0.1) is 0 Å². The van der Waals surface area contributed by atoms with Crippen LogP contribution in [0.1, 0.15) is 48.4 Å². The number of phenolic OH excluding ortho intramolecular Hbond substituents is 1. The number of nitrogens with one attached hydrogen (secondary N) is 2. The summed E-state index contributed by atoms with van der Waals surface area (Å²) in [5, 5.41) is 24.0. The van der Waals surface area contributed by atoms with E-state index in [2.05, 4.69) is 20.6 Å². The summed E-state index contributed by atoms with van der Waals surface area (Å²) < 4.78 is 23.8. The summed E-state index contributed by atoms with van der Waals surface area (Å²) in [6.45, 7) is 3.40. The molecule has 1 atom stereocenters. The van der Waals surface area contributed by atoms with E-state index in [1.807, 2.05) is 36.4 Å². The molecule has 0 fully saturated rings. The summed E-state index contributed by atoms with van der Waals surface area (Å²) in [5.74, 6) is 0.134. The van der Waals surface area contributed by atoms with Crippen LogP contribution < -0.4 is 20.7 Å². The topological polar surface area (TPSA) is 196 Å². The lowest BCUT2D eigenvalue weighted by Gasteiger charge is -2.18. The molecule has 2 aromatic heterocycles. The highest BCUT2D eigenvalue weighted by molar-refractivity contribution is 6.19. The number of benzene rings is 4. The first kappa shape index (κ1) is 40.2. The Hall–Kier alpha value is -6.00. The van der Waals surface area contributed by atoms with Gasteiger partial charge in [-0.15, -0.1) is 16.7 Å². The van der Waals surface area contributed by atoms with Crippen molar-refractivity contribution in [1.29, 1.82) is 0 Å². The standard InChI is InChI=1S/C42H44ClN7O8/c1-55-38-4-2-3-31-36(51)22-35-39(40(31)38)29(23-43)24-50(35)42(54)33-21-28-19-26(5-10-32(28)46-33)20-37(52)34-25-49(48-47-34)12-14-57-16-18-58-17-15-56-13-11-45-41(53)27-6-8-30(44)9-7-27/h2-10,19,21-22,25,29,46,51H,11-18,20,23-24,44H2,1H3,(H,45,53)/t29-/m1/s1. The number of anilines is 2. The smallest absolute Gasteiger partial charge is 0.274 e. The zero-order chi connectivity index (χ0) is 40.6. The Labute approximate surface area is 338 Å². The van der Waals surface area contributed by atoms with Gasteiger partial charge in [-0.3, -0.25) is 14.4 Å². The number of phenols is 1. The van der Waals surface area contributed by atoms with Crippen molar-refractivity contribution in [3.63, 3.8) is 0 Å². The van der Waals surface area contributed by atoms with Crippen LogP contribution in [0.4, 0.5) is 11.4 Å². The largest absolute Gasteiger partial charge is 0.507 e. The molecule has 0 saturated heterocycles. The number of halogens is 1. The molecular weight excluding hydrogens is 766 g/mol. The minimum atomic E-state index is -0.263. The van der Waals surface area contributed by atoms with Crippen molar-refractivity contribution >= 4 is 62.2 Å². The first-order chi connectivity index (χ1) is 28.2. The number of hydrogen-bond donors (Lipinski definition) is 4. The van der Waals surface area contributed by atoms with Gasteiger partial charge in [0.1, 0.15) is 22.9 Å². The molecule has 0 unspecified atom stereocenters. The Balaban J connectivity index is 0.840. The zero-order valence-corrected chi connectivity index (χ0v) is 32.7. The van der Waals surface area contributed by atoms with Crippen molar-refractivity contribution in [2.24, 2.45) is 0 Å². The molecule has 1 aliphatic heterocycles. The fourth-order valence-corrected chi connectivity index (χ4v) is 7.26. The predicted octanol–water partition coefficient (Wildman–Crippen LogP) is 5.10. The van der Waals surface area contributed by atoms with Crippen LogP contribution in [0.2, 0.25) is 0 Å². The van der Waals surface area contributed by atoms with E-state index in [1.165, 1.54) is 0 Å². The SMILES string of the molecule is COc1cccc2c(O)cc3c(c12)[C@H](CCl)CN3C(=O)c1cc2cc(CC(=O)c3cn(CCOCCOCCOCCNC(=O)c4ccc(N)cc4)nn3)ccc2[nH]1. The highest BCUT2D eigenvalue weighted by Crippen LogP contribution is 2.48. The summed E-state index contributed by atoms with van der Waals surface area (Å²) in [7, 11) is 1.57. The lowest BCUT2D eigenvalue weighted by Crippen LogP contribution is -2.30. The second-order valence-electron chi connectivity index (χ2n) is 13.8. The number of nitrogens with two attached hydrogens (primary N) is 1. The Bertz CT molecular complexity index is 2410. The van der Waals surface area contributed by atoms with E-state index in [0.717, 1.165) is 27.4 Å². The maximum absolute atomic E-state index is 14.0. The highest BCUT2D eigenvalue weighted by atomic mass is 35.5. The molecule has 1 aliphatic rings. The third-order valence-corrected chi connectivity index (χ3v) is 10.3. The van der Waals surface area contributed by atoms with E-state index < -0.39 is 0 Å². The second-order valence-corrected chi connectivity index (χ2v) is 14.1. The molecule has 58 heavy (non-hydrogen) atoms. The van der Waals surface area contributed by atoms with Gasteiger partial charge in [0, 0.05) is 70.3 Å². The lowest BCUT2D eigenvalue weighted by atomic mass is 9.94. The van der Waals surface area contributed by atoms with E-state index >= 15 is 0 Å². The van der Waals surface area contributed by atoms with Gasteiger partial charge in [0.15, 0.2) is 5.78 Å². The van der Waals surface area contributed by atoms with Crippen LogP contribution in [-0.4, -0.2) is 108 Å². The molecule has 4 aromatic carbocycles. The van der Waals surface area contributed by atoms with Gasteiger partial charge in [-0.1, -0.05) is 23.4 Å². The van der Waals surface area contributed by atoms with Gasteiger partial charge in [0.05, 0.1) is 65.2 Å². The number of H-pyrrole nitrogens is 1. The number of nitrogens with zero attached hydrogens (tertiary/aromatic N) is 4. The number of carbonyl (C=O) groups excluding carboxylic acids is 3. The van der Waals surface area contributed by atoms with E-state index in [4.69, 9.17) is 36.3 Å². The summed E-state index contributed by atoms with van der Waals surface area (Å²) in [5.41, 5.74) is 10.4. The van der Waals surface area contributed by atoms with Crippen molar-refractivity contribution in [3.05, 3.63) is 107 Å². The lowest BCUT2D eigenvalue weighted by molar-refractivity contribution is 0.0133. The van der Waals surface area contributed by atoms with Crippen molar-refractivity contribution in [2.75, 3.05) is 76.4 Å². The van der Waals surface area contributed by atoms with E-state index in [1.54, 1.807) is 59.3 Å². The molecule has 15 nitrogen and oxygen atoms in total. The third-order valence-electron chi connectivity index (χ3n) is 9.89. The molecule has 0 saturated carbocycles. The Kier molecular flexibility index (Phi) is 12.8. The molecule has 0 radical (unpaired) electrons. The number of aromatic nitrogens is 4. The highest BCUT2D eigenvalue weighted by Gasteiger charge is 2.36. The number of nitrogen functional groups attached to an aromatic ring is 1. The monoisotopic (exact) mass is 809 g/mol. The van der Waals surface area contributed by atoms with Crippen LogP contribution in [-0.2, 0) is 27.2 Å². The molecule has 0 spiro atoms. The molecule has 5 N–H and O–H groups in total. The van der Waals surface area contributed by atoms with Crippen LogP contribution in [0.3, 0.4) is 0 Å². The number of hydrogen-bond acceptors (Lipinski definition) is 11. The molecule has 2 amide bonds. The first-order valence-electron chi connectivity index (χ1n) is 18.9. The normalized spacial score (nSPS) is 13.6. The molecule has 0 bridgehead atoms. The zero-order valence-electron chi connectivity index (χ0n) is 31.9.